The van der Waals surface area contributed by atoms with Crippen LogP contribution in [0.4, 0.5) is 5.82 Å². The number of nitrogens with one attached hydrogen (secondary N) is 2. The highest BCUT2D eigenvalue weighted by molar-refractivity contribution is 7.90. The molecule has 5 rings (SSSR count). The van der Waals surface area contributed by atoms with Crippen molar-refractivity contribution in [2.45, 2.75) is 83.4 Å². The van der Waals surface area contributed by atoms with E-state index in [1.54, 1.807) is 18.3 Å². The molecule has 2 fully saturated rings. The summed E-state index contributed by atoms with van der Waals surface area (Å²) in [5.74, 6) is -0.0382. The Morgan fingerprint density at radius 2 is 2.00 bits per heavy atom. The largest absolute Gasteiger partial charge is 0.477 e. The Morgan fingerprint density at radius 1 is 1.16 bits per heavy atom. The topological polar surface area (TPSA) is 128 Å². The molecule has 3 aromatic heterocycles. The van der Waals surface area contributed by atoms with Crippen LogP contribution in [0.1, 0.15) is 97.0 Å². The molecule has 0 spiro atoms. The third kappa shape index (κ3) is 8.47. The molecule has 1 atom stereocenters. The molecular formula is C31H41ClN6O4S. The molecule has 0 unspecified atom stereocenters. The molecular weight excluding hydrogens is 588 g/mol. The van der Waals surface area contributed by atoms with E-state index < -0.39 is 40.1 Å². The molecule has 3 heterocycles. The zero-order valence-electron chi connectivity index (χ0n) is 30.1. The highest BCUT2D eigenvalue weighted by Gasteiger charge is 2.36. The van der Waals surface area contributed by atoms with Crippen LogP contribution < -0.4 is 14.8 Å². The fourth-order valence-electron chi connectivity index (χ4n) is 5.27. The molecule has 0 bridgehead atoms. The standard InChI is InChI=1S/C31H41ClN6O4S/c1-30(2)15-12-22(21-30)7-5-18-33-24-8-4-9-27(34-24)43(40,41)37-29(39)23-10-11-25(35-28(23)32)38-19-13-26(36-38)42-20-6-14-31(3)16-17-31/h4,8-11,13,19,22H,5-7,12,14-18,20-21H2,1-3H3,(H,33,34)(H,37,39)/t22-/m1/s1/i1D3,2D3. The van der Waals surface area contributed by atoms with Gasteiger partial charge < -0.3 is 10.1 Å². The first-order valence-electron chi connectivity index (χ1n) is 17.6. The van der Waals surface area contributed by atoms with Crippen molar-refractivity contribution in [1.29, 1.82) is 0 Å². The lowest BCUT2D eigenvalue weighted by atomic mass is 9.89. The van der Waals surface area contributed by atoms with Gasteiger partial charge in [-0.05, 0) is 98.8 Å². The maximum Gasteiger partial charge on any atom is 0.281 e. The lowest BCUT2D eigenvalue weighted by Crippen LogP contribution is -2.31. The molecule has 232 valence electrons. The Kier molecular flexibility index (Phi) is 7.21. The summed E-state index contributed by atoms with van der Waals surface area (Å²) in [6.45, 7) is -1.93. The van der Waals surface area contributed by atoms with Crippen LogP contribution in [0.15, 0.2) is 47.6 Å². The van der Waals surface area contributed by atoms with E-state index in [0.29, 0.717) is 49.5 Å². The summed E-state index contributed by atoms with van der Waals surface area (Å²) in [4.78, 5) is 21.3. The lowest BCUT2D eigenvalue weighted by molar-refractivity contribution is 0.0981. The van der Waals surface area contributed by atoms with Gasteiger partial charge in [-0.15, -0.1) is 5.10 Å². The van der Waals surface area contributed by atoms with Crippen molar-refractivity contribution in [3.63, 3.8) is 0 Å². The molecule has 0 saturated heterocycles. The van der Waals surface area contributed by atoms with Crippen molar-refractivity contribution in [2.75, 3.05) is 18.5 Å². The van der Waals surface area contributed by atoms with Crippen LogP contribution in [0.25, 0.3) is 5.82 Å². The molecule has 1 amide bonds. The average Bonchev–Trinajstić information content (AvgIpc) is 3.38. The van der Waals surface area contributed by atoms with Gasteiger partial charge in [0.25, 0.3) is 15.9 Å². The first-order chi connectivity index (χ1) is 22.9. The normalized spacial score (nSPS) is 21.4. The number of hydrogen-bond donors (Lipinski definition) is 2. The zero-order chi connectivity index (χ0) is 35.7. The Labute approximate surface area is 267 Å². The van der Waals surface area contributed by atoms with Gasteiger partial charge in [-0.3, -0.25) is 4.79 Å². The zero-order valence-corrected chi connectivity index (χ0v) is 25.7. The number of amides is 1. The van der Waals surface area contributed by atoms with Crippen molar-refractivity contribution in [2.24, 2.45) is 16.7 Å². The number of halogens is 1. The van der Waals surface area contributed by atoms with Gasteiger partial charge in [0.15, 0.2) is 10.8 Å². The smallest absolute Gasteiger partial charge is 0.281 e. The van der Waals surface area contributed by atoms with Gasteiger partial charge in [0.05, 0.1) is 12.2 Å². The Bertz CT molecular complexity index is 1750. The van der Waals surface area contributed by atoms with E-state index >= 15 is 0 Å². The molecule has 12 heteroatoms. The summed E-state index contributed by atoms with van der Waals surface area (Å²) < 4.78 is 82.4. The predicted octanol–water partition coefficient (Wildman–Crippen LogP) is 6.41. The second kappa shape index (κ2) is 12.8. The van der Waals surface area contributed by atoms with Crippen molar-refractivity contribution in [3.05, 3.63) is 53.3 Å². The summed E-state index contributed by atoms with van der Waals surface area (Å²) >= 11 is 6.29. The van der Waals surface area contributed by atoms with E-state index in [-0.39, 0.29) is 35.3 Å². The lowest BCUT2D eigenvalue weighted by Gasteiger charge is -2.17. The minimum Gasteiger partial charge on any atom is -0.477 e. The van der Waals surface area contributed by atoms with Crippen LogP contribution in [0, 0.1) is 16.7 Å². The SMILES string of the molecule is [2H]C([2H])([2H])C1(C([2H])([2H])[2H])CC[C@@H](CCCNc2cccc(S(=O)(=O)NC(=O)c3ccc(-n4ccc(OCCCC5(C)CC5)n4)nc3Cl)n2)C1. The van der Waals surface area contributed by atoms with Gasteiger partial charge >= 0.3 is 0 Å². The molecule has 2 saturated carbocycles. The number of ether oxygens (including phenoxy) is 1. The summed E-state index contributed by atoms with van der Waals surface area (Å²) in [6.07, 6.45) is 8.16. The summed E-state index contributed by atoms with van der Waals surface area (Å²) in [5.41, 5.74) is -1.39. The molecule has 0 aliphatic heterocycles. The molecule has 3 aromatic rings. The molecule has 2 aliphatic rings. The van der Waals surface area contributed by atoms with Crippen molar-refractivity contribution in [1.82, 2.24) is 24.5 Å². The number of carbonyl (C=O) groups is 1. The van der Waals surface area contributed by atoms with Gasteiger partial charge in [0.1, 0.15) is 11.0 Å². The minimum atomic E-state index is -4.38. The monoisotopic (exact) mass is 634 g/mol. The molecule has 0 radical (unpaired) electrons. The second-order valence-corrected chi connectivity index (χ2v) is 13.9. The Hall–Kier alpha value is -3.18. The molecule has 10 nitrogen and oxygen atoms in total. The number of pyridine rings is 2. The average molecular weight is 635 g/mol. The second-order valence-electron chi connectivity index (χ2n) is 11.9. The van der Waals surface area contributed by atoms with Crippen LogP contribution in [0.5, 0.6) is 5.88 Å². The minimum absolute atomic E-state index is 0.0471. The van der Waals surface area contributed by atoms with Crippen LogP contribution in [0.2, 0.25) is 5.15 Å². The molecule has 2 aliphatic carbocycles. The van der Waals surface area contributed by atoms with Crippen LogP contribution in [-0.4, -0.2) is 47.2 Å². The Balaban J connectivity index is 1.12. The van der Waals surface area contributed by atoms with E-state index in [9.17, 15) is 13.2 Å². The first-order valence-corrected chi connectivity index (χ1v) is 16.4. The van der Waals surface area contributed by atoms with Crippen molar-refractivity contribution >= 4 is 33.3 Å². The fraction of sp³-hybridized carbons (Fsp3) is 0.548. The third-order valence-corrected chi connectivity index (χ3v) is 9.61. The number of sulfonamides is 1. The van der Waals surface area contributed by atoms with Crippen LogP contribution in [-0.2, 0) is 10.0 Å². The van der Waals surface area contributed by atoms with E-state index in [1.807, 2.05) is 4.72 Å². The molecule has 0 aromatic carbocycles. The predicted molar refractivity (Wildman–Crippen MR) is 166 cm³/mol. The number of anilines is 1. The summed E-state index contributed by atoms with van der Waals surface area (Å²) in [7, 11) is -4.38. The van der Waals surface area contributed by atoms with Crippen LogP contribution in [0.3, 0.4) is 0 Å². The fourth-order valence-corrected chi connectivity index (χ4v) is 6.44. The molecule has 43 heavy (non-hydrogen) atoms. The molecule has 2 N–H and O–H groups in total. The number of aromatic nitrogens is 4. The van der Waals surface area contributed by atoms with Gasteiger partial charge in [0.2, 0.25) is 5.88 Å². The van der Waals surface area contributed by atoms with Gasteiger partial charge in [0, 0.05) is 27.0 Å². The number of carbonyl (C=O) groups excluding carboxylic acids is 1. The van der Waals surface area contributed by atoms with E-state index in [0.717, 1.165) is 12.8 Å². The van der Waals surface area contributed by atoms with E-state index in [1.165, 1.54) is 41.8 Å². The number of nitrogens with zero attached hydrogens (tertiary/aromatic N) is 4. The number of rotatable bonds is 14. The van der Waals surface area contributed by atoms with Crippen molar-refractivity contribution < 1.29 is 26.2 Å². The highest BCUT2D eigenvalue weighted by atomic mass is 35.5. The third-order valence-electron chi connectivity index (χ3n) is 8.09. The van der Waals surface area contributed by atoms with Crippen molar-refractivity contribution in [3.8, 4) is 11.7 Å². The van der Waals surface area contributed by atoms with Gasteiger partial charge in [-0.2, -0.15) is 8.42 Å². The van der Waals surface area contributed by atoms with E-state index in [2.05, 4.69) is 27.3 Å². The maximum absolute atomic E-state index is 13.1. The summed E-state index contributed by atoms with van der Waals surface area (Å²) in [5, 5.41) is 6.78. The van der Waals surface area contributed by atoms with Gasteiger partial charge in [-0.25, -0.2) is 19.4 Å². The Morgan fingerprint density at radius 3 is 2.74 bits per heavy atom. The maximum atomic E-state index is 13.1. The summed E-state index contributed by atoms with van der Waals surface area (Å²) in [6, 6.07) is 8.83. The number of hydrogen-bond acceptors (Lipinski definition) is 8. The highest BCUT2D eigenvalue weighted by Crippen LogP contribution is 2.48. The first kappa shape index (κ1) is 24.2. The van der Waals surface area contributed by atoms with Gasteiger partial charge in [-0.1, -0.05) is 38.3 Å². The van der Waals surface area contributed by atoms with Crippen LogP contribution >= 0.6 is 11.6 Å². The quantitative estimate of drug-likeness (QED) is 0.154. The van der Waals surface area contributed by atoms with E-state index in [4.69, 9.17) is 24.6 Å².